The van der Waals surface area contributed by atoms with Crippen molar-refractivity contribution in [3.63, 3.8) is 0 Å². The maximum absolute atomic E-state index is 12.7. The summed E-state index contributed by atoms with van der Waals surface area (Å²) in [6.45, 7) is 5.16. The van der Waals surface area contributed by atoms with Crippen LogP contribution in [-0.2, 0) is 9.59 Å². The number of halogens is 1. The Morgan fingerprint density at radius 2 is 1.44 bits per heavy atom. The fourth-order valence-corrected chi connectivity index (χ4v) is 2.92. The van der Waals surface area contributed by atoms with Gasteiger partial charge < -0.3 is 16.0 Å². The fourth-order valence-electron chi connectivity index (χ4n) is 2.46. The van der Waals surface area contributed by atoms with E-state index in [1.165, 1.54) is 6.92 Å². The highest BCUT2D eigenvalue weighted by Gasteiger charge is 2.25. The Bertz CT molecular complexity index is 835. The van der Waals surface area contributed by atoms with E-state index in [1.807, 2.05) is 19.9 Å². The first-order valence-corrected chi connectivity index (χ1v) is 9.31. The third kappa shape index (κ3) is 5.92. The van der Waals surface area contributed by atoms with Gasteiger partial charge in [-0.05, 0) is 58.2 Å². The minimum atomic E-state index is -0.695. The van der Waals surface area contributed by atoms with Gasteiger partial charge in [-0.25, -0.2) is 0 Å². The number of hydrogen-bond acceptors (Lipinski definition) is 3. The fraction of sp³-hybridized carbons (Fsp3) is 0.250. The average molecular weight is 432 g/mol. The van der Waals surface area contributed by atoms with Crippen LogP contribution in [-0.4, -0.2) is 23.8 Å². The van der Waals surface area contributed by atoms with Crippen molar-refractivity contribution in [2.45, 2.75) is 26.8 Å². The molecule has 0 fully saturated rings. The number of carbonyl (C=O) groups excluding carboxylic acids is 3. The van der Waals surface area contributed by atoms with Crippen LogP contribution in [0.4, 0.5) is 11.4 Å². The monoisotopic (exact) mass is 431 g/mol. The summed E-state index contributed by atoms with van der Waals surface area (Å²) in [5.74, 6) is -0.897. The standard InChI is InChI=1S/C20H22BrN3O3/c1-12(2)18(24-19(26)16-6-4-5-7-17(16)21)20(27)23-15-10-8-14(9-11-15)22-13(3)25/h4-12,18H,1-3H3,(H,22,25)(H,23,27)(H,24,26). The summed E-state index contributed by atoms with van der Waals surface area (Å²) in [6, 6.07) is 13.1. The molecule has 1 atom stereocenters. The number of nitrogens with one attached hydrogen (secondary N) is 3. The van der Waals surface area contributed by atoms with Crippen molar-refractivity contribution in [3.8, 4) is 0 Å². The molecule has 0 saturated heterocycles. The van der Waals surface area contributed by atoms with Gasteiger partial charge in [-0.1, -0.05) is 26.0 Å². The summed E-state index contributed by atoms with van der Waals surface area (Å²) < 4.78 is 0.666. The lowest BCUT2D eigenvalue weighted by molar-refractivity contribution is -0.119. The molecule has 3 N–H and O–H groups in total. The van der Waals surface area contributed by atoms with Crippen molar-refractivity contribution in [2.24, 2.45) is 5.92 Å². The molecule has 1 unspecified atom stereocenters. The van der Waals surface area contributed by atoms with Gasteiger partial charge in [0.1, 0.15) is 6.04 Å². The molecule has 0 heterocycles. The number of amides is 3. The summed E-state index contributed by atoms with van der Waals surface area (Å²) in [4.78, 5) is 36.2. The van der Waals surface area contributed by atoms with E-state index in [2.05, 4.69) is 31.9 Å². The number of benzene rings is 2. The Labute approximate surface area is 166 Å². The zero-order valence-corrected chi connectivity index (χ0v) is 17.0. The van der Waals surface area contributed by atoms with Crippen LogP contribution in [0.3, 0.4) is 0 Å². The van der Waals surface area contributed by atoms with Gasteiger partial charge in [-0.15, -0.1) is 0 Å². The lowest BCUT2D eigenvalue weighted by Gasteiger charge is -2.22. The van der Waals surface area contributed by atoms with Crippen molar-refractivity contribution in [3.05, 3.63) is 58.6 Å². The van der Waals surface area contributed by atoms with Crippen LogP contribution in [0.15, 0.2) is 53.0 Å². The maximum Gasteiger partial charge on any atom is 0.253 e. The molecule has 0 spiro atoms. The summed E-state index contributed by atoms with van der Waals surface area (Å²) in [5, 5.41) is 8.25. The van der Waals surface area contributed by atoms with E-state index in [9.17, 15) is 14.4 Å². The molecule has 0 bridgehead atoms. The molecule has 7 heteroatoms. The van der Waals surface area contributed by atoms with E-state index in [0.717, 1.165) is 0 Å². The molecule has 3 amide bonds. The number of anilines is 2. The van der Waals surface area contributed by atoms with Gasteiger partial charge in [0, 0.05) is 22.8 Å². The summed E-state index contributed by atoms with van der Waals surface area (Å²) in [7, 11) is 0. The van der Waals surface area contributed by atoms with Gasteiger partial charge in [0.25, 0.3) is 5.91 Å². The van der Waals surface area contributed by atoms with Crippen molar-refractivity contribution in [2.75, 3.05) is 10.6 Å². The van der Waals surface area contributed by atoms with E-state index < -0.39 is 6.04 Å². The number of hydrogen-bond donors (Lipinski definition) is 3. The quantitative estimate of drug-likeness (QED) is 0.649. The van der Waals surface area contributed by atoms with Gasteiger partial charge >= 0.3 is 0 Å². The van der Waals surface area contributed by atoms with Crippen molar-refractivity contribution in [1.29, 1.82) is 0 Å². The van der Waals surface area contributed by atoms with Crippen LogP contribution in [0.25, 0.3) is 0 Å². The van der Waals surface area contributed by atoms with Crippen LogP contribution in [0.1, 0.15) is 31.1 Å². The van der Waals surface area contributed by atoms with E-state index in [1.54, 1.807) is 42.5 Å². The Kier molecular flexibility index (Phi) is 7.12. The molecule has 0 aromatic heterocycles. The Balaban J connectivity index is 2.07. The second kappa shape index (κ2) is 9.32. The molecule has 0 aliphatic rings. The minimum absolute atomic E-state index is 0.102. The first kappa shape index (κ1) is 20.6. The second-order valence-electron chi connectivity index (χ2n) is 6.42. The van der Waals surface area contributed by atoms with Crippen LogP contribution in [0.2, 0.25) is 0 Å². The van der Waals surface area contributed by atoms with Gasteiger partial charge in [0.05, 0.1) is 5.56 Å². The molecular weight excluding hydrogens is 410 g/mol. The predicted molar refractivity (Wildman–Crippen MR) is 110 cm³/mol. The first-order valence-electron chi connectivity index (χ1n) is 8.52. The SMILES string of the molecule is CC(=O)Nc1ccc(NC(=O)C(NC(=O)c2ccccc2Br)C(C)C)cc1. The second-order valence-corrected chi connectivity index (χ2v) is 7.28. The van der Waals surface area contributed by atoms with Crippen LogP contribution < -0.4 is 16.0 Å². The lowest BCUT2D eigenvalue weighted by atomic mass is 10.0. The van der Waals surface area contributed by atoms with Crippen LogP contribution in [0.5, 0.6) is 0 Å². The highest BCUT2D eigenvalue weighted by atomic mass is 79.9. The molecule has 2 aromatic rings. The summed E-state index contributed by atoms with van der Waals surface area (Å²) in [6.07, 6.45) is 0. The summed E-state index contributed by atoms with van der Waals surface area (Å²) in [5.41, 5.74) is 1.69. The average Bonchev–Trinajstić information content (AvgIpc) is 2.60. The van der Waals surface area contributed by atoms with Crippen LogP contribution in [0, 0.1) is 5.92 Å². The van der Waals surface area contributed by atoms with Gasteiger partial charge in [-0.2, -0.15) is 0 Å². The zero-order chi connectivity index (χ0) is 20.0. The molecule has 2 rings (SSSR count). The highest BCUT2D eigenvalue weighted by Crippen LogP contribution is 2.18. The Morgan fingerprint density at radius 1 is 0.889 bits per heavy atom. The number of rotatable bonds is 6. The van der Waals surface area contributed by atoms with E-state index >= 15 is 0 Å². The topological polar surface area (TPSA) is 87.3 Å². The largest absolute Gasteiger partial charge is 0.340 e. The minimum Gasteiger partial charge on any atom is -0.340 e. The van der Waals surface area contributed by atoms with Gasteiger partial charge in [-0.3, -0.25) is 14.4 Å². The highest BCUT2D eigenvalue weighted by molar-refractivity contribution is 9.10. The molecule has 0 radical (unpaired) electrons. The van der Waals surface area contributed by atoms with Crippen molar-refractivity contribution < 1.29 is 14.4 Å². The maximum atomic E-state index is 12.7. The Hall–Kier alpha value is -2.67. The molecule has 142 valence electrons. The van der Waals surface area contributed by atoms with E-state index in [0.29, 0.717) is 21.4 Å². The molecule has 27 heavy (non-hydrogen) atoms. The third-order valence-corrected chi connectivity index (χ3v) is 4.52. The molecule has 2 aromatic carbocycles. The van der Waals surface area contributed by atoms with Gasteiger partial charge in [0.15, 0.2) is 0 Å². The molecule has 0 aliphatic carbocycles. The van der Waals surface area contributed by atoms with E-state index in [-0.39, 0.29) is 23.6 Å². The van der Waals surface area contributed by atoms with Crippen molar-refractivity contribution in [1.82, 2.24) is 5.32 Å². The smallest absolute Gasteiger partial charge is 0.253 e. The normalized spacial score (nSPS) is 11.6. The van der Waals surface area contributed by atoms with Gasteiger partial charge in [0.2, 0.25) is 11.8 Å². The third-order valence-electron chi connectivity index (χ3n) is 3.83. The predicted octanol–water partition coefficient (Wildman–Crippen LogP) is 3.80. The Morgan fingerprint density at radius 3 is 1.96 bits per heavy atom. The molecular formula is C20H22BrN3O3. The molecule has 6 nitrogen and oxygen atoms in total. The lowest BCUT2D eigenvalue weighted by Crippen LogP contribution is -2.47. The van der Waals surface area contributed by atoms with Crippen molar-refractivity contribution >= 4 is 45.0 Å². The molecule has 0 saturated carbocycles. The summed E-state index contributed by atoms with van der Waals surface area (Å²) >= 11 is 3.35. The number of carbonyl (C=O) groups is 3. The van der Waals surface area contributed by atoms with E-state index in [4.69, 9.17) is 0 Å². The first-order chi connectivity index (χ1) is 12.8. The van der Waals surface area contributed by atoms with Crippen LogP contribution >= 0.6 is 15.9 Å². The molecule has 0 aliphatic heterocycles. The zero-order valence-electron chi connectivity index (χ0n) is 15.4.